The minimum Gasteiger partial charge on any atom is -0.326 e. The molecular weight excluding hydrogens is 319 g/mol. The smallest absolute Gasteiger partial charge is 0.251 e. The quantitative estimate of drug-likeness (QED) is 0.759. The van der Waals surface area contributed by atoms with Crippen molar-refractivity contribution in [3.05, 3.63) is 75.3 Å². The Morgan fingerprint density at radius 1 is 1.16 bits per heavy atom. The first-order valence-corrected chi connectivity index (χ1v) is 8.11. The van der Waals surface area contributed by atoms with E-state index in [1.807, 2.05) is 32.0 Å². The highest BCUT2D eigenvalue weighted by molar-refractivity contribution is 5.91. The van der Waals surface area contributed by atoms with Gasteiger partial charge >= 0.3 is 0 Å². The second kappa shape index (κ2) is 6.89. The van der Waals surface area contributed by atoms with Crippen LogP contribution in [0.3, 0.4) is 0 Å². The van der Waals surface area contributed by atoms with Crippen molar-refractivity contribution in [2.75, 3.05) is 5.32 Å². The van der Waals surface area contributed by atoms with Crippen LogP contribution in [0.1, 0.15) is 23.1 Å². The van der Waals surface area contributed by atoms with E-state index < -0.39 is 5.82 Å². The number of hydrogen-bond acceptors (Lipinski definition) is 2. The van der Waals surface area contributed by atoms with Crippen molar-refractivity contribution in [1.82, 2.24) is 4.98 Å². The Balaban J connectivity index is 1.75. The molecule has 1 heterocycles. The van der Waals surface area contributed by atoms with E-state index in [1.54, 1.807) is 6.07 Å². The van der Waals surface area contributed by atoms with Crippen molar-refractivity contribution in [3.8, 4) is 0 Å². The number of carbonyl (C=O) groups excluding carboxylic acids is 1. The van der Waals surface area contributed by atoms with Crippen molar-refractivity contribution in [2.45, 2.75) is 26.7 Å². The molecule has 3 aromatic rings. The number of anilines is 1. The zero-order valence-corrected chi connectivity index (χ0v) is 14.2. The van der Waals surface area contributed by atoms with Gasteiger partial charge in [-0.2, -0.15) is 0 Å². The third-order valence-corrected chi connectivity index (χ3v) is 4.36. The van der Waals surface area contributed by atoms with Crippen molar-refractivity contribution < 1.29 is 9.18 Å². The molecule has 0 unspecified atom stereocenters. The van der Waals surface area contributed by atoms with Gasteiger partial charge in [-0.15, -0.1) is 0 Å². The Hall–Kier alpha value is -2.95. The van der Waals surface area contributed by atoms with Crippen LogP contribution in [-0.2, 0) is 11.2 Å². The van der Waals surface area contributed by atoms with Crippen LogP contribution in [0, 0.1) is 19.7 Å². The molecule has 2 N–H and O–H groups in total. The summed E-state index contributed by atoms with van der Waals surface area (Å²) in [5.74, 6) is -0.667. The van der Waals surface area contributed by atoms with Gasteiger partial charge in [0, 0.05) is 17.7 Å². The molecule has 128 valence electrons. The zero-order chi connectivity index (χ0) is 18.0. The highest BCUT2D eigenvalue weighted by Crippen LogP contribution is 2.19. The van der Waals surface area contributed by atoms with Gasteiger partial charge in [0.2, 0.25) is 5.91 Å². The number of aromatic amines is 1. The average molecular weight is 338 g/mol. The van der Waals surface area contributed by atoms with Gasteiger partial charge in [0.25, 0.3) is 5.56 Å². The first-order valence-electron chi connectivity index (χ1n) is 8.11. The van der Waals surface area contributed by atoms with Crippen LogP contribution in [-0.4, -0.2) is 10.9 Å². The number of carbonyl (C=O) groups is 1. The van der Waals surface area contributed by atoms with E-state index >= 15 is 0 Å². The highest BCUT2D eigenvalue weighted by Gasteiger charge is 2.09. The van der Waals surface area contributed by atoms with Gasteiger partial charge in [-0.3, -0.25) is 9.59 Å². The van der Waals surface area contributed by atoms with Gasteiger partial charge < -0.3 is 10.3 Å². The maximum absolute atomic E-state index is 13.1. The van der Waals surface area contributed by atoms with Crippen LogP contribution in [0.15, 0.2) is 47.3 Å². The summed E-state index contributed by atoms with van der Waals surface area (Å²) in [5, 5.41) is 3.58. The van der Waals surface area contributed by atoms with E-state index in [1.165, 1.54) is 18.2 Å². The Bertz CT molecular complexity index is 1010. The lowest BCUT2D eigenvalue weighted by Crippen LogP contribution is -2.17. The van der Waals surface area contributed by atoms with Gasteiger partial charge in [0.05, 0.1) is 5.52 Å². The number of pyridine rings is 1. The standard InChI is InChI=1S/C20H19FN2O2/c1-12-6-7-14-10-15(20(25)23-19(14)13(12)2)8-9-18(24)22-17-5-3-4-16(21)11-17/h3-7,10-11H,8-9H2,1-2H3,(H,22,24)(H,23,25). The summed E-state index contributed by atoms with van der Waals surface area (Å²) in [6.45, 7) is 3.97. The van der Waals surface area contributed by atoms with Crippen LogP contribution in [0.2, 0.25) is 0 Å². The van der Waals surface area contributed by atoms with Gasteiger partial charge in [-0.25, -0.2) is 4.39 Å². The van der Waals surface area contributed by atoms with Gasteiger partial charge in [0.15, 0.2) is 0 Å². The summed E-state index contributed by atoms with van der Waals surface area (Å²) in [7, 11) is 0. The van der Waals surface area contributed by atoms with Crippen LogP contribution in [0.4, 0.5) is 10.1 Å². The molecule has 3 rings (SSSR count). The molecular formula is C20H19FN2O2. The molecule has 5 heteroatoms. The fourth-order valence-corrected chi connectivity index (χ4v) is 2.79. The Morgan fingerprint density at radius 3 is 2.72 bits per heavy atom. The molecule has 1 aromatic heterocycles. The van der Waals surface area contributed by atoms with E-state index in [4.69, 9.17) is 0 Å². The first-order chi connectivity index (χ1) is 11.9. The van der Waals surface area contributed by atoms with Gasteiger partial charge in [0.1, 0.15) is 5.82 Å². The number of fused-ring (bicyclic) bond motifs is 1. The summed E-state index contributed by atoms with van der Waals surface area (Å²) >= 11 is 0. The van der Waals surface area contributed by atoms with Crippen molar-refractivity contribution in [2.24, 2.45) is 0 Å². The second-order valence-corrected chi connectivity index (χ2v) is 6.15. The SMILES string of the molecule is Cc1ccc2cc(CCC(=O)Nc3cccc(F)c3)c(=O)[nH]c2c1C. The molecule has 0 radical (unpaired) electrons. The van der Waals surface area contributed by atoms with E-state index in [-0.39, 0.29) is 17.9 Å². The number of nitrogens with one attached hydrogen (secondary N) is 2. The fraction of sp³-hybridized carbons (Fsp3) is 0.200. The van der Waals surface area contributed by atoms with Crippen molar-refractivity contribution in [3.63, 3.8) is 0 Å². The lowest BCUT2D eigenvalue weighted by Gasteiger charge is -2.08. The number of benzene rings is 2. The first kappa shape index (κ1) is 16.9. The fourth-order valence-electron chi connectivity index (χ4n) is 2.79. The minimum absolute atomic E-state index is 0.149. The molecule has 4 nitrogen and oxygen atoms in total. The van der Waals surface area contributed by atoms with Crippen LogP contribution in [0.25, 0.3) is 10.9 Å². The average Bonchev–Trinajstić information content (AvgIpc) is 2.57. The number of amides is 1. The summed E-state index contributed by atoms with van der Waals surface area (Å²) in [4.78, 5) is 27.2. The predicted molar refractivity (Wildman–Crippen MR) is 97.4 cm³/mol. The number of rotatable bonds is 4. The lowest BCUT2D eigenvalue weighted by molar-refractivity contribution is -0.116. The Labute approximate surface area is 144 Å². The molecule has 25 heavy (non-hydrogen) atoms. The van der Waals surface area contributed by atoms with Gasteiger partial charge in [-0.05, 0) is 61.0 Å². The number of H-pyrrole nitrogens is 1. The third-order valence-electron chi connectivity index (χ3n) is 4.36. The van der Waals surface area contributed by atoms with E-state index in [2.05, 4.69) is 10.3 Å². The van der Waals surface area contributed by atoms with E-state index in [9.17, 15) is 14.0 Å². The lowest BCUT2D eigenvalue weighted by atomic mass is 10.0. The molecule has 0 atom stereocenters. The normalized spacial score (nSPS) is 10.8. The minimum atomic E-state index is -0.408. The summed E-state index contributed by atoms with van der Waals surface area (Å²) in [6, 6.07) is 11.5. The number of aryl methyl sites for hydroxylation is 3. The molecule has 0 saturated heterocycles. The second-order valence-electron chi connectivity index (χ2n) is 6.15. The van der Waals surface area contributed by atoms with Crippen LogP contribution in [0.5, 0.6) is 0 Å². The molecule has 0 saturated carbocycles. The van der Waals surface area contributed by atoms with E-state index in [0.717, 1.165) is 22.0 Å². The van der Waals surface area contributed by atoms with Gasteiger partial charge in [-0.1, -0.05) is 18.2 Å². The van der Waals surface area contributed by atoms with Crippen LogP contribution < -0.4 is 10.9 Å². The number of aromatic nitrogens is 1. The molecule has 1 amide bonds. The molecule has 0 aliphatic rings. The molecule has 0 bridgehead atoms. The van der Waals surface area contributed by atoms with Crippen LogP contribution >= 0.6 is 0 Å². The maximum atomic E-state index is 13.1. The largest absolute Gasteiger partial charge is 0.326 e. The molecule has 2 aromatic carbocycles. The third kappa shape index (κ3) is 3.76. The monoisotopic (exact) mass is 338 g/mol. The van der Waals surface area contributed by atoms with Crippen molar-refractivity contribution in [1.29, 1.82) is 0 Å². The summed E-state index contributed by atoms with van der Waals surface area (Å²) < 4.78 is 13.1. The maximum Gasteiger partial charge on any atom is 0.251 e. The number of hydrogen-bond donors (Lipinski definition) is 2. The van der Waals surface area contributed by atoms with Crippen molar-refractivity contribution >= 4 is 22.5 Å². The summed E-state index contributed by atoms with van der Waals surface area (Å²) in [6.07, 6.45) is 0.468. The predicted octanol–water partition coefficient (Wildman–Crippen LogP) is 3.86. The Kier molecular flexibility index (Phi) is 4.65. The Morgan fingerprint density at radius 2 is 1.96 bits per heavy atom. The molecule has 0 aliphatic carbocycles. The molecule has 0 spiro atoms. The molecule has 0 aliphatic heterocycles. The zero-order valence-electron chi connectivity index (χ0n) is 14.2. The summed E-state index contributed by atoms with van der Waals surface area (Å²) in [5.41, 5.74) is 3.78. The highest BCUT2D eigenvalue weighted by atomic mass is 19.1. The topological polar surface area (TPSA) is 62.0 Å². The van der Waals surface area contributed by atoms with E-state index in [0.29, 0.717) is 17.7 Å². The molecule has 0 fully saturated rings. The number of halogens is 1.